The lowest BCUT2D eigenvalue weighted by Gasteiger charge is -2.20. The molecule has 0 aliphatic heterocycles. The van der Waals surface area contributed by atoms with Crippen molar-refractivity contribution in [1.29, 1.82) is 0 Å². The summed E-state index contributed by atoms with van der Waals surface area (Å²) in [5, 5.41) is 1.04. The zero-order valence-corrected chi connectivity index (χ0v) is 17.9. The van der Waals surface area contributed by atoms with E-state index in [2.05, 4.69) is 15.0 Å². The van der Waals surface area contributed by atoms with Crippen molar-refractivity contribution in [2.45, 2.75) is 25.9 Å². The number of rotatable bonds is 5. The van der Waals surface area contributed by atoms with Crippen molar-refractivity contribution in [2.75, 3.05) is 0 Å². The first-order valence-corrected chi connectivity index (χ1v) is 9.87. The third-order valence-electron chi connectivity index (χ3n) is 4.31. The lowest BCUT2D eigenvalue weighted by molar-refractivity contribution is 0.253. The highest BCUT2D eigenvalue weighted by Crippen LogP contribution is 2.31. The van der Waals surface area contributed by atoms with Crippen LogP contribution in [-0.4, -0.2) is 15.0 Å². The summed E-state index contributed by atoms with van der Waals surface area (Å²) in [7, 11) is 0. The number of hydrogen-bond donors (Lipinski definition) is 1. The summed E-state index contributed by atoms with van der Waals surface area (Å²) in [6.07, 6.45) is 4.56. The Balaban J connectivity index is 2.20. The number of pyridine rings is 1. The molecule has 1 N–H and O–H groups in total. The highest BCUT2D eigenvalue weighted by molar-refractivity contribution is 6.42. The van der Waals surface area contributed by atoms with Crippen molar-refractivity contribution >= 4 is 34.8 Å². The first kappa shape index (κ1) is 21.5. The van der Waals surface area contributed by atoms with Crippen molar-refractivity contribution in [2.24, 2.45) is 0 Å². The Bertz CT molecular complexity index is 1140. The van der Waals surface area contributed by atoms with Crippen molar-refractivity contribution in [3.8, 4) is 11.5 Å². The molecular formula is C21H17Cl3FN3O. The first-order chi connectivity index (χ1) is 13.7. The van der Waals surface area contributed by atoms with Crippen molar-refractivity contribution in [3.63, 3.8) is 0 Å². The van der Waals surface area contributed by atoms with Crippen LogP contribution in [0.5, 0.6) is 0 Å². The van der Waals surface area contributed by atoms with Crippen LogP contribution in [0.2, 0.25) is 15.1 Å². The lowest BCUT2D eigenvalue weighted by Crippen LogP contribution is -2.26. The molecule has 1 aromatic carbocycles. The smallest absolute Gasteiger partial charge is 0.255 e. The molecule has 4 nitrogen and oxygen atoms in total. The van der Waals surface area contributed by atoms with E-state index in [0.717, 1.165) is 0 Å². The summed E-state index contributed by atoms with van der Waals surface area (Å²) in [6.45, 7) is 3.04. The highest BCUT2D eigenvalue weighted by Gasteiger charge is 2.30. The molecule has 8 heteroatoms. The summed E-state index contributed by atoms with van der Waals surface area (Å²) in [6, 6.07) is 8.27. The van der Waals surface area contributed by atoms with Crippen LogP contribution < -0.4 is 5.56 Å². The fourth-order valence-corrected chi connectivity index (χ4v) is 3.52. The Hall–Kier alpha value is -2.21. The molecule has 1 unspecified atom stereocenters. The molecule has 150 valence electrons. The van der Waals surface area contributed by atoms with E-state index in [1.807, 2.05) is 0 Å². The summed E-state index contributed by atoms with van der Waals surface area (Å²) in [5.41, 5.74) is -1.32. The molecule has 0 saturated carbocycles. The highest BCUT2D eigenvalue weighted by atomic mass is 35.5. The molecule has 2 heterocycles. The van der Waals surface area contributed by atoms with Gasteiger partial charge in [0.15, 0.2) is 11.5 Å². The van der Waals surface area contributed by atoms with E-state index in [9.17, 15) is 4.79 Å². The van der Waals surface area contributed by atoms with Crippen LogP contribution >= 0.6 is 34.8 Å². The van der Waals surface area contributed by atoms with E-state index >= 15 is 4.39 Å². The molecule has 0 aliphatic rings. The zero-order chi connectivity index (χ0) is 21.2. The van der Waals surface area contributed by atoms with E-state index in [-0.39, 0.29) is 29.2 Å². The Morgan fingerprint density at radius 1 is 1.17 bits per heavy atom. The van der Waals surface area contributed by atoms with E-state index < -0.39 is 11.2 Å². The van der Waals surface area contributed by atoms with Gasteiger partial charge in [-0.3, -0.25) is 9.78 Å². The first-order valence-electron chi connectivity index (χ1n) is 8.74. The molecule has 0 bridgehead atoms. The van der Waals surface area contributed by atoms with Gasteiger partial charge in [-0.1, -0.05) is 46.9 Å². The molecule has 0 saturated heterocycles. The van der Waals surface area contributed by atoms with Gasteiger partial charge in [0.1, 0.15) is 5.69 Å². The van der Waals surface area contributed by atoms with Crippen LogP contribution in [0.4, 0.5) is 4.39 Å². The maximum atomic E-state index is 15.5. The monoisotopic (exact) mass is 451 g/mol. The van der Waals surface area contributed by atoms with Gasteiger partial charge in [0.25, 0.3) is 5.56 Å². The topological polar surface area (TPSA) is 58.6 Å². The zero-order valence-electron chi connectivity index (χ0n) is 15.6. The average Bonchev–Trinajstić information content (AvgIpc) is 2.66. The minimum absolute atomic E-state index is 0.0119. The SMILES string of the molecule is CC=CC(C)(F)c1nc(-c2ncccc2Cl)[nH]c(=O)c1Cc1ccc(Cl)c(Cl)c1. The fraction of sp³-hybridized carbons (Fsp3) is 0.190. The second kappa shape index (κ2) is 8.66. The van der Waals surface area contributed by atoms with E-state index in [0.29, 0.717) is 20.6 Å². The minimum Gasteiger partial charge on any atom is -0.305 e. The van der Waals surface area contributed by atoms with Crippen LogP contribution in [0.3, 0.4) is 0 Å². The number of nitrogens with one attached hydrogen (secondary N) is 1. The average molecular weight is 453 g/mol. The lowest BCUT2D eigenvalue weighted by atomic mass is 9.95. The molecule has 0 spiro atoms. The number of alkyl halides is 1. The molecule has 1 atom stereocenters. The van der Waals surface area contributed by atoms with Gasteiger partial charge in [0, 0.05) is 18.2 Å². The second-order valence-corrected chi connectivity index (χ2v) is 7.80. The third-order valence-corrected chi connectivity index (χ3v) is 5.35. The summed E-state index contributed by atoms with van der Waals surface area (Å²) in [5.74, 6) is 0.0990. The molecule has 0 aliphatic carbocycles. The normalized spacial score (nSPS) is 13.6. The third kappa shape index (κ3) is 4.69. The summed E-state index contributed by atoms with van der Waals surface area (Å²) in [4.78, 5) is 24.2. The number of allylic oxidation sites excluding steroid dienone is 2. The largest absolute Gasteiger partial charge is 0.305 e. The fourth-order valence-electron chi connectivity index (χ4n) is 2.98. The Kier molecular flexibility index (Phi) is 6.42. The standard InChI is InChI=1S/C21H17Cl3FN3O/c1-3-8-21(2,25)18-13(10-12-6-7-14(22)16(24)11-12)20(29)28-19(27-18)17-15(23)5-4-9-26-17/h3-9,11H,10H2,1-2H3,(H,27,28,29). The molecule has 29 heavy (non-hydrogen) atoms. The Morgan fingerprint density at radius 2 is 1.93 bits per heavy atom. The van der Waals surface area contributed by atoms with Crippen LogP contribution in [-0.2, 0) is 12.1 Å². The molecular weight excluding hydrogens is 436 g/mol. The minimum atomic E-state index is -1.98. The Morgan fingerprint density at radius 3 is 2.59 bits per heavy atom. The number of benzene rings is 1. The van der Waals surface area contributed by atoms with Gasteiger partial charge in [-0.15, -0.1) is 0 Å². The Labute approximate surface area is 182 Å². The quantitative estimate of drug-likeness (QED) is 0.473. The number of aromatic amines is 1. The maximum Gasteiger partial charge on any atom is 0.255 e. The van der Waals surface area contributed by atoms with Gasteiger partial charge >= 0.3 is 0 Å². The molecule has 0 fully saturated rings. The van der Waals surface area contributed by atoms with Gasteiger partial charge < -0.3 is 4.98 Å². The molecule has 3 aromatic rings. The van der Waals surface area contributed by atoms with Gasteiger partial charge in [0.2, 0.25) is 0 Å². The van der Waals surface area contributed by atoms with Crippen LogP contribution in [0.25, 0.3) is 11.5 Å². The predicted octanol–water partition coefficient (Wildman–Crippen LogP) is 6.14. The molecule has 3 rings (SSSR count). The molecule has 0 amide bonds. The number of nitrogens with zero attached hydrogens (tertiary/aromatic N) is 2. The predicted molar refractivity (Wildman–Crippen MR) is 116 cm³/mol. The van der Waals surface area contributed by atoms with Crippen LogP contribution in [0.1, 0.15) is 30.7 Å². The number of halogens is 4. The number of H-pyrrole nitrogens is 1. The van der Waals surface area contributed by atoms with Gasteiger partial charge in [0.05, 0.1) is 20.8 Å². The van der Waals surface area contributed by atoms with E-state index in [1.54, 1.807) is 43.3 Å². The van der Waals surface area contributed by atoms with Crippen molar-refractivity contribution in [3.05, 3.63) is 90.9 Å². The second-order valence-electron chi connectivity index (χ2n) is 6.58. The number of hydrogen-bond acceptors (Lipinski definition) is 3. The number of aromatic nitrogens is 3. The van der Waals surface area contributed by atoms with Gasteiger partial charge in [-0.05, 0) is 49.8 Å². The van der Waals surface area contributed by atoms with E-state index in [1.165, 1.54) is 19.2 Å². The van der Waals surface area contributed by atoms with E-state index in [4.69, 9.17) is 34.8 Å². The van der Waals surface area contributed by atoms with Crippen LogP contribution in [0.15, 0.2) is 53.5 Å². The summed E-state index contributed by atoms with van der Waals surface area (Å²) < 4.78 is 15.5. The molecule has 0 radical (unpaired) electrons. The van der Waals surface area contributed by atoms with Gasteiger partial charge in [-0.25, -0.2) is 9.37 Å². The maximum absolute atomic E-state index is 15.5. The van der Waals surface area contributed by atoms with Gasteiger partial charge in [-0.2, -0.15) is 0 Å². The van der Waals surface area contributed by atoms with Crippen molar-refractivity contribution < 1.29 is 4.39 Å². The van der Waals surface area contributed by atoms with Crippen molar-refractivity contribution in [1.82, 2.24) is 15.0 Å². The molecule has 2 aromatic heterocycles. The van der Waals surface area contributed by atoms with Crippen LogP contribution in [0, 0.1) is 0 Å². The summed E-state index contributed by atoms with van der Waals surface area (Å²) >= 11 is 18.2.